The molecule has 0 aliphatic heterocycles. The molecule has 0 amide bonds. The molecule has 18 heavy (non-hydrogen) atoms. The Morgan fingerprint density at radius 2 is 2.28 bits per heavy atom. The fourth-order valence-corrected chi connectivity index (χ4v) is 1.93. The van der Waals surface area contributed by atoms with Crippen LogP contribution < -0.4 is 4.74 Å². The van der Waals surface area contributed by atoms with Crippen molar-refractivity contribution in [1.82, 2.24) is 10.1 Å². The van der Waals surface area contributed by atoms with Crippen molar-refractivity contribution in [2.45, 2.75) is 26.6 Å². The molecule has 5 nitrogen and oxygen atoms in total. The molecule has 1 N–H and O–H groups in total. The van der Waals surface area contributed by atoms with Crippen molar-refractivity contribution >= 4 is 15.9 Å². The average Bonchev–Trinajstić information content (AvgIpc) is 2.85. The fourth-order valence-electron chi connectivity index (χ4n) is 1.39. The molecule has 0 aliphatic rings. The second kappa shape index (κ2) is 5.97. The van der Waals surface area contributed by atoms with Crippen LogP contribution in [0.2, 0.25) is 0 Å². The Kier molecular flexibility index (Phi) is 4.33. The molecule has 0 atom stereocenters. The van der Waals surface area contributed by atoms with Crippen LogP contribution >= 0.6 is 15.9 Å². The highest BCUT2D eigenvalue weighted by Crippen LogP contribution is 2.26. The maximum atomic E-state index is 9.00. The van der Waals surface area contributed by atoms with E-state index in [-0.39, 0.29) is 13.2 Å². The van der Waals surface area contributed by atoms with Gasteiger partial charge in [-0.15, -0.1) is 0 Å². The van der Waals surface area contributed by atoms with E-state index < -0.39 is 0 Å². The first-order valence-corrected chi connectivity index (χ1v) is 6.35. The first-order chi connectivity index (χ1) is 8.72. The third kappa shape index (κ3) is 3.08. The Balaban J connectivity index is 2.01. The third-order valence-electron chi connectivity index (χ3n) is 2.36. The van der Waals surface area contributed by atoms with Crippen LogP contribution in [-0.2, 0) is 19.6 Å². The predicted molar refractivity (Wildman–Crippen MR) is 68.1 cm³/mol. The number of halogens is 1. The molecule has 0 spiro atoms. The maximum absolute atomic E-state index is 9.00. The number of hydrogen-bond donors (Lipinski definition) is 1. The minimum Gasteiger partial charge on any atom is -0.483 e. The van der Waals surface area contributed by atoms with Crippen LogP contribution in [0.3, 0.4) is 0 Å². The summed E-state index contributed by atoms with van der Waals surface area (Å²) in [5.41, 5.74) is 0.820. The monoisotopic (exact) mass is 312 g/mol. The van der Waals surface area contributed by atoms with Crippen LogP contribution in [0.1, 0.15) is 24.2 Å². The van der Waals surface area contributed by atoms with E-state index >= 15 is 0 Å². The quantitative estimate of drug-likeness (QED) is 0.918. The molecule has 0 saturated carbocycles. The van der Waals surface area contributed by atoms with E-state index in [4.69, 9.17) is 14.4 Å². The van der Waals surface area contributed by atoms with Crippen LogP contribution in [0, 0.1) is 0 Å². The van der Waals surface area contributed by atoms with Gasteiger partial charge in [0.2, 0.25) is 0 Å². The Morgan fingerprint density at radius 3 is 2.89 bits per heavy atom. The van der Waals surface area contributed by atoms with E-state index in [9.17, 15) is 0 Å². The van der Waals surface area contributed by atoms with Gasteiger partial charge in [-0.3, -0.25) is 0 Å². The van der Waals surface area contributed by atoms with Gasteiger partial charge in [-0.25, -0.2) is 0 Å². The second-order valence-electron chi connectivity index (χ2n) is 3.67. The Bertz CT molecular complexity index is 528. The van der Waals surface area contributed by atoms with Crippen molar-refractivity contribution in [2.75, 3.05) is 0 Å². The van der Waals surface area contributed by atoms with Crippen molar-refractivity contribution < 1.29 is 14.4 Å². The summed E-state index contributed by atoms with van der Waals surface area (Å²) in [7, 11) is 0. The van der Waals surface area contributed by atoms with Crippen molar-refractivity contribution in [2.24, 2.45) is 0 Å². The number of ether oxygens (including phenoxy) is 1. The molecule has 0 fully saturated rings. The number of nitrogens with zero attached hydrogens (tertiary/aromatic N) is 2. The zero-order valence-corrected chi connectivity index (χ0v) is 11.5. The minimum absolute atomic E-state index is 0.00238. The molecule has 96 valence electrons. The van der Waals surface area contributed by atoms with E-state index in [0.29, 0.717) is 17.5 Å². The number of aryl methyl sites for hydroxylation is 1. The molecular weight excluding hydrogens is 300 g/mol. The topological polar surface area (TPSA) is 68.4 Å². The summed E-state index contributed by atoms with van der Waals surface area (Å²) in [4.78, 5) is 4.15. The van der Waals surface area contributed by atoms with E-state index in [1.807, 2.05) is 6.92 Å². The Hall–Kier alpha value is -1.40. The van der Waals surface area contributed by atoms with Gasteiger partial charge in [0.1, 0.15) is 5.75 Å². The lowest BCUT2D eigenvalue weighted by molar-refractivity contribution is 0.241. The van der Waals surface area contributed by atoms with E-state index in [2.05, 4.69) is 26.1 Å². The van der Waals surface area contributed by atoms with Gasteiger partial charge in [0.05, 0.1) is 11.1 Å². The fraction of sp³-hybridized carbons (Fsp3) is 0.333. The molecule has 2 aromatic rings. The van der Waals surface area contributed by atoms with Gasteiger partial charge in [0.15, 0.2) is 12.4 Å². The second-order valence-corrected chi connectivity index (χ2v) is 4.52. The smallest absolute Gasteiger partial charge is 0.264 e. The van der Waals surface area contributed by atoms with E-state index in [1.54, 1.807) is 18.2 Å². The first kappa shape index (κ1) is 13.0. The largest absolute Gasteiger partial charge is 0.483 e. The zero-order chi connectivity index (χ0) is 13.0. The van der Waals surface area contributed by atoms with Crippen LogP contribution in [0.15, 0.2) is 27.2 Å². The van der Waals surface area contributed by atoms with Crippen LogP contribution in [0.4, 0.5) is 0 Å². The number of aliphatic hydroxyl groups is 1. The van der Waals surface area contributed by atoms with Gasteiger partial charge in [-0.2, -0.15) is 4.98 Å². The van der Waals surface area contributed by atoms with Gasteiger partial charge in [-0.05, 0) is 33.6 Å². The molecule has 1 aromatic carbocycles. The maximum Gasteiger partial charge on any atom is 0.264 e. The number of rotatable bonds is 5. The molecule has 0 saturated heterocycles. The van der Waals surface area contributed by atoms with Gasteiger partial charge in [0.25, 0.3) is 5.89 Å². The zero-order valence-electron chi connectivity index (χ0n) is 9.89. The summed E-state index contributed by atoms with van der Waals surface area (Å²) in [6.07, 6.45) is 0.735. The molecule has 0 bridgehead atoms. The van der Waals surface area contributed by atoms with Gasteiger partial charge in [0, 0.05) is 6.42 Å². The van der Waals surface area contributed by atoms with Gasteiger partial charge >= 0.3 is 0 Å². The average molecular weight is 313 g/mol. The highest BCUT2D eigenvalue weighted by Gasteiger charge is 2.07. The third-order valence-corrected chi connectivity index (χ3v) is 2.98. The van der Waals surface area contributed by atoms with Crippen LogP contribution in [0.5, 0.6) is 5.75 Å². The number of aliphatic hydroxyl groups excluding tert-OH is 1. The van der Waals surface area contributed by atoms with Gasteiger partial charge < -0.3 is 14.4 Å². The van der Waals surface area contributed by atoms with Crippen LogP contribution in [0.25, 0.3) is 0 Å². The Labute approximate surface area is 113 Å². The summed E-state index contributed by atoms with van der Waals surface area (Å²) < 4.78 is 11.4. The molecule has 1 heterocycles. The minimum atomic E-state index is 0.00238. The van der Waals surface area contributed by atoms with Crippen molar-refractivity contribution in [3.63, 3.8) is 0 Å². The number of aromatic nitrogens is 2. The van der Waals surface area contributed by atoms with Crippen molar-refractivity contribution in [3.05, 3.63) is 40.0 Å². The normalized spacial score (nSPS) is 10.6. The molecular formula is C12H13BrN2O3. The lowest BCUT2D eigenvalue weighted by Gasteiger charge is -2.06. The number of benzene rings is 1. The SMILES string of the molecule is CCc1noc(COc2ccc(CO)cc2Br)n1. The lowest BCUT2D eigenvalue weighted by Crippen LogP contribution is -1.97. The molecule has 0 radical (unpaired) electrons. The number of hydrogen-bond acceptors (Lipinski definition) is 5. The predicted octanol–water partition coefficient (Wildman–Crippen LogP) is 2.47. The van der Waals surface area contributed by atoms with Crippen molar-refractivity contribution in [1.29, 1.82) is 0 Å². The molecule has 2 rings (SSSR count). The molecule has 0 unspecified atom stereocenters. The highest BCUT2D eigenvalue weighted by atomic mass is 79.9. The molecule has 0 aliphatic carbocycles. The summed E-state index contributed by atoms with van der Waals surface area (Å²) >= 11 is 3.38. The molecule has 6 heteroatoms. The van der Waals surface area contributed by atoms with Crippen molar-refractivity contribution in [3.8, 4) is 5.75 Å². The van der Waals surface area contributed by atoms with Crippen LogP contribution in [-0.4, -0.2) is 15.2 Å². The van der Waals surface area contributed by atoms with E-state index in [0.717, 1.165) is 16.5 Å². The van der Waals surface area contributed by atoms with Gasteiger partial charge in [-0.1, -0.05) is 18.1 Å². The summed E-state index contributed by atoms with van der Waals surface area (Å²) in [5.74, 6) is 1.79. The summed E-state index contributed by atoms with van der Waals surface area (Å²) in [5, 5.41) is 12.8. The Morgan fingerprint density at radius 1 is 1.44 bits per heavy atom. The lowest BCUT2D eigenvalue weighted by atomic mass is 10.2. The molecule has 1 aromatic heterocycles. The first-order valence-electron chi connectivity index (χ1n) is 5.56. The standard InChI is InChI=1S/C12H13BrN2O3/c1-2-11-14-12(18-15-11)7-17-10-4-3-8(6-16)5-9(10)13/h3-5,16H,2,6-7H2,1H3. The highest BCUT2D eigenvalue weighted by molar-refractivity contribution is 9.10. The summed E-state index contributed by atoms with van der Waals surface area (Å²) in [6, 6.07) is 5.39. The van der Waals surface area contributed by atoms with E-state index in [1.165, 1.54) is 0 Å². The summed E-state index contributed by atoms with van der Waals surface area (Å²) in [6.45, 7) is 2.19.